The van der Waals surface area contributed by atoms with E-state index in [4.69, 9.17) is 13.9 Å². The third kappa shape index (κ3) is 5.07. The van der Waals surface area contributed by atoms with Crippen molar-refractivity contribution in [2.75, 3.05) is 14.1 Å². The monoisotopic (exact) mass is 495 g/mol. The van der Waals surface area contributed by atoms with E-state index in [-0.39, 0.29) is 24.2 Å². The molecular weight excluding hydrogens is 466 g/mol. The molecule has 1 saturated heterocycles. The van der Waals surface area contributed by atoms with Crippen molar-refractivity contribution in [3.8, 4) is 34.3 Å². The number of furan rings is 1. The number of hydrogen-bond donors (Lipinski definition) is 0. The second kappa shape index (κ2) is 10.1. The van der Waals surface area contributed by atoms with Gasteiger partial charge in [-0.3, -0.25) is 9.78 Å². The zero-order valence-corrected chi connectivity index (χ0v) is 21.4. The van der Waals surface area contributed by atoms with E-state index in [1.165, 1.54) is 0 Å². The summed E-state index contributed by atoms with van der Waals surface area (Å²) in [5.74, 6) is 1.18. The van der Waals surface area contributed by atoms with E-state index in [9.17, 15) is 10.1 Å². The number of amides is 1. The van der Waals surface area contributed by atoms with E-state index in [1.54, 1.807) is 37.3 Å². The molecule has 0 radical (unpaired) electrons. The van der Waals surface area contributed by atoms with Crippen molar-refractivity contribution in [1.29, 1.82) is 5.26 Å². The van der Waals surface area contributed by atoms with Gasteiger partial charge in [0.25, 0.3) is 5.91 Å². The minimum absolute atomic E-state index is 0.0105. The molecule has 1 aliphatic rings. The molecule has 1 aliphatic heterocycles. The number of carbonyl (C=O) groups excluding carboxylic acids is 1. The molecular formula is C30H29N3O4. The van der Waals surface area contributed by atoms with Crippen LogP contribution >= 0.6 is 0 Å². The number of benzene rings is 2. The van der Waals surface area contributed by atoms with Gasteiger partial charge in [-0.25, -0.2) is 0 Å². The molecule has 0 aliphatic carbocycles. The highest BCUT2D eigenvalue weighted by molar-refractivity contribution is 5.95. The summed E-state index contributed by atoms with van der Waals surface area (Å²) in [5, 5.41) is 9.87. The lowest BCUT2D eigenvalue weighted by Gasteiger charge is -2.32. The van der Waals surface area contributed by atoms with Crippen LogP contribution in [-0.2, 0) is 4.74 Å². The standard InChI is InChI=1S/C30H29N3O4/c1-18-13-24(14-19(2)35-18)36-27-10-9-22(15-23(27)17-31)25-11-12-32-26-16-28(37-29(25)26)20-5-7-21(8-6-20)30(34)33(3)4/h5-12,15-16,18-19,24H,13-14H2,1-4H3. The molecule has 0 spiro atoms. The zero-order chi connectivity index (χ0) is 26.1. The molecule has 1 fully saturated rings. The van der Waals surface area contributed by atoms with Crippen LogP contribution in [0.4, 0.5) is 0 Å². The van der Waals surface area contributed by atoms with E-state index in [0.717, 1.165) is 29.5 Å². The summed E-state index contributed by atoms with van der Waals surface area (Å²) >= 11 is 0. The van der Waals surface area contributed by atoms with E-state index in [0.29, 0.717) is 33.7 Å². The predicted molar refractivity (Wildman–Crippen MR) is 141 cm³/mol. The maximum Gasteiger partial charge on any atom is 0.253 e. The lowest BCUT2D eigenvalue weighted by atomic mass is 10.0. The highest BCUT2D eigenvalue weighted by Crippen LogP contribution is 2.36. The Morgan fingerprint density at radius 3 is 2.41 bits per heavy atom. The molecule has 0 N–H and O–H groups in total. The van der Waals surface area contributed by atoms with Gasteiger partial charge in [0.05, 0.1) is 17.8 Å². The lowest BCUT2D eigenvalue weighted by molar-refractivity contribution is -0.0721. The molecule has 188 valence electrons. The number of carbonyl (C=O) groups is 1. The minimum Gasteiger partial charge on any atom is -0.489 e. The number of hydrogen-bond acceptors (Lipinski definition) is 6. The maximum atomic E-state index is 12.2. The van der Waals surface area contributed by atoms with E-state index in [2.05, 4.69) is 11.1 Å². The first-order valence-electron chi connectivity index (χ1n) is 12.4. The summed E-state index contributed by atoms with van der Waals surface area (Å²) in [6, 6.07) is 19.0. The first-order chi connectivity index (χ1) is 17.8. The van der Waals surface area contributed by atoms with Crippen LogP contribution in [-0.4, -0.2) is 48.2 Å². The molecule has 7 heteroatoms. The third-order valence-electron chi connectivity index (χ3n) is 6.59. The first-order valence-corrected chi connectivity index (χ1v) is 12.4. The van der Waals surface area contributed by atoms with Crippen molar-refractivity contribution in [3.05, 3.63) is 71.9 Å². The molecule has 2 aromatic carbocycles. The van der Waals surface area contributed by atoms with Crippen LogP contribution in [0.2, 0.25) is 0 Å². The Kier molecular flexibility index (Phi) is 6.68. The summed E-state index contributed by atoms with van der Waals surface area (Å²) in [6.07, 6.45) is 3.58. The summed E-state index contributed by atoms with van der Waals surface area (Å²) in [7, 11) is 3.45. The molecule has 1 amide bonds. The van der Waals surface area contributed by atoms with Gasteiger partial charge in [0.1, 0.15) is 29.2 Å². The number of pyridine rings is 1. The Balaban J connectivity index is 1.45. The summed E-state index contributed by atoms with van der Waals surface area (Å²) in [6.45, 7) is 4.09. The molecule has 0 bridgehead atoms. The molecule has 37 heavy (non-hydrogen) atoms. The van der Waals surface area contributed by atoms with Crippen molar-refractivity contribution in [2.45, 2.75) is 45.0 Å². The Labute approximate surface area is 216 Å². The van der Waals surface area contributed by atoms with Gasteiger partial charge >= 0.3 is 0 Å². The van der Waals surface area contributed by atoms with Crippen molar-refractivity contribution < 1.29 is 18.7 Å². The van der Waals surface area contributed by atoms with Gasteiger partial charge in [0.2, 0.25) is 0 Å². The summed E-state index contributed by atoms with van der Waals surface area (Å²) in [5.41, 5.74) is 4.97. The molecule has 0 saturated carbocycles. The van der Waals surface area contributed by atoms with E-state index in [1.807, 2.05) is 56.3 Å². The van der Waals surface area contributed by atoms with Gasteiger partial charge in [0.15, 0.2) is 5.58 Å². The summed E-state index contributed by atoms with van der Waals surface area (Å²) < 4.78 is 18.3. The number of ether oxygens (including phenoxy) is 2. The second-order valence-electron chi connectivity index (χ2n) is 9.75. The number of fused-ring (bicyclic) bond motifs is 1. The fourth-order valence-corrected chi connectivity index (χ4v) is 4.85. The van der Waals surface area contributed by atoms with E-state index < -0.39 is 0 Å². The predicted octanol–water partition coefficient (Wildman–Crippen LogP) is 6.07. The van der Waals surface area contributed by atoms with Gasteiger partial charge in [0, 0.05) is 55.9 Å². The molecule has 5 rings (SSSR count). The van der Waals surface area contributed by atoms with Crippen LogP contribution in [0.25, 0.3) is 33.6 Å². The number of nitriles is 1. The van der Waals surface area contributed by atoms with E-state index >= 15 is 0 Å². The van der Waals surface area contributed by atoms with Crippen LogP contribution in [0, 0.1) is 11.3 Å². The third-order valence-corrected chi connectivity index (χ3v) is 6.59. The van der Waals surface area contributed by atoms with Crippen molar-refractivity contribution in [3.63, 3.8) is 0 Å². The minimum atomic E-state index is -0.0540. The van der Waals surface area contributed by atoms with Crippen LogP contribution in [0.1, 0.15) is 42.6 Å². The van der Waals surface area contributed by atoms with Crippen LogP contribution in [0.3, 0.4) is 0 Å². The normalized spacial score (nSPS) is 19.4. The molecule has 2 atom stereocenters. The van der Waals surface area contributed by atoms with Gasteiger partial charge in [-0.2, -0.15) is 5.26 Å². The smallest absolute Gasteiger partial charge is 0.253 e. The summed E-state index contributed by atoms with van der Waals surface area (Å²) in [4.78, 5) is 18.2. The quantitative estimate of drug-likeness (QED) is 0.334. The fourth-order valence-electron chi connectivity index (χ4n) is 4.85. The highest BCUT2D eigenvalue weighted by atomic mass is 16.5. The second-order valence-corrected chi connectivity index (χ2v) is 9.75. The Morgan fingerprint density at radius 2 is 1.73 bits per heavy atom. The van der Waals surface area contributed by atoms with Gasteiger partial charge in [-0.05, 0) is 49.7 Å². The molecule has 2 unspecified atom stereocenters. The number of rotatable bonds is 5. The van der Waals surface area contributed by atoms with Crippen molar-refractivity contribution in [1.82, 2.24) is 9.88 Å². The topological polar surface area (TPSA) is 88.6 Å². The van der Waals surface area contributed by atoms with Gasteiger partial charge in [-0.1, -0.05) is 18.2 Å². The average Bonchev–Trinajstić information content (AvgIpc) is 3.32. The molecule has 7 nitrogen and oxygen atoms in total. The number of aromatic nitrogens is 1. The van der Waals surface area contributed by atoms with Crippen LogP contribution in [0.5, 0.6) is 5.75 Å². The molecule has 3 heterocycles. The Morgan fingerprint density at radius 1 is 1.03 bits per heavy atom. The Hall–Kier alpha value is -4.15. The average molecular weight is 496 g/mol. The fraction of sp³-hybridized carbons (Fsp3) is 0.300. The Bertz CT molecular complexity index is 1470. The van der Waals surface area contributed by atoms with Crippen molar-refractivity contribution >= 4 is 17.0 Å². The molecule has 2 aromatic heterocycles. The maximum absolute atomic E-state index is 12.2. The van der Waals surface area contributed by atoms with Crippen molar-refractivity contribution in [2.24, 2.45) is 0 Å². The zero-order valence-electron chi connectivity index (χ0n) is 21.4. The SMILES string of the molecule is CC1CC(Oc2ccc(-c3ccnc4cc(-c5ccc(C(=O)N(C)C)cc5)oc34)cc2C#N)CC(C)O1. The molecule has 4 aromatic rings. The number of nitrogens with zero attached hydrogens (tertiary/aromatic N) is 3. The van der Waals surface area contributed by atoms with Crippen LogP contribution < -0.4 is 4.74 Å². The lowest BCUT2D eigenvalue weighted by Crippen LogP contribution is -2.35. The first kappa shape index (κ1) is 24.5. The van der Waals surface area contributed by atoms with Gasteiger partial charge < -0.3 is 18.8 Å². The van der Waals surface area contributed by atoms with Crippen LogP contribution in [0.15, 0.2) is 65.2 Å². The highest BCUT2D eigenvalue weighted by Gasteiger charge is 2.26. The van der Waals surface area contributed by atoms with Gasteiger partial charge in [-0.15, -0.1) is 0 Å². The largest absolute Gasteiger partial charge is 0.489 e.